The van der Waals surface area contributed by atoms with Gasteiger partial charge in [-0.25, -0.2) is 0 Å². The molecule has 1 aromatic rings. The summed E-state index contributed by atoms with van der Waals surface area (Å²) < 4.78 is 5.52. The van der Waals surface area contributed by atoms with Crippen molar-refractivity contribution in [2.75, 3.05) is 26.3 Å². The summed E-state index contributed by atoms with van der Waals surface area (Å²) in [4.78, 5) is 10.1. The number of nitrogens with zero attached hydrogens (tertiary/aromatic N) is 1. The fourth-order valence-electron chi connectivity index (χ4n) is 2.01. The highest BCUT2D eigenvalue weighted by molar-refractivity contribution is 5.33. The lowest BCUT2D eigenvalue weighted by molar-refractivity contribution is -0.384. The third-order valence-electron chi connectivity index (χ3n) is 3.52. The molecule has 1 aromatic carbocycles. The molecule has 1 aliphatic rings. The van der Waals surface area contributed by atoms with E-state index in [1.165, 1.54) is 25.0 Å². The first-order valence-corrected chi connectivity index (χ1v) is 7.37. The molecule has 6 nitrogen and oxygen atoms in total. The van der Waals surface area contributed by atoms with Crippen LogP contribution < -0.4 is 5.32 Å². The molecule has 116 valence electrons. The number of ether oxygens (including phenoxy) is 1. The van der Waals surface area contributed by atoms with Gasteiger partial charge in [-0.15, -0.1) is 0 Å². The van der Waals surface area contributed by atoms with Crippen molar-refractivity contribution < 1.29 is 14.8 Å². The smallest absolute Gasteiger partial charge is 0.269 e. The van der Waals surface area contributed by atoms with Crippen molar-refractivity contribution in [3.05, 3.63) is 39.9 Å². The summed E-state index contributed by atoms with van der Waals surface area (Å²) >= 11 is 0. The maximum atomic E-state index is 10.5. The van der Waals surface area contributed by atoms with E-state index in [4.69, 9.17) is 4.74 Å². The van der Waals surface area contributed by atoms with Crippen LogP contribution in [-0.2, 0) is 4.74 Å². The summed E-state index contributed by atoms with van der Waals surface area (Å²) in [6, 6.07) is 5.99. The Hall–Kier alpha value is -1.50. The molecule has 0 heterocycles. The summed E-state index contributed by atoms with van der Waals surface area (Å²) in [5.41, 5.74) is 0.713. The van der Waals surface area contributed by atoms with Gasteiger partial charge < -0.3 is 15.2 Å². The predicted molar refractivity (Wildman–Crippen MR) is 79.1 cm³/mol. The first-order valence-electron chi connectivity index (χ1n) is 7.37. The minimum Gasteiger partial charge on any atom is -0.387 e. The van der Waals surface area contributed by atoms with Gasteiger partial charge in [-0.05, 0) is 49.4 Å². The van der Waals surface area contributed by atoms with Crippen LogP contribution in [0.1, 0.15) is 30.9 Å². The molecular weight excluding hydrogens is 272 g/mol. The zero-order chi connectivity index (χ0) is 15.1. The van der Waals surface area contributed by atoms with Crippen LogP contribution in [0.4, 0.5) is 5.69 Å². The minimum absolute atomic E-state index is 0.0340. The molecule has 6 heteroatoms. The molecule has 1 unspecified atom stereocenters. The molecule has 21 heavy (non-hydrogen) atoms. The van der Waals surface area contributed by atoms with Gasteiger partial charge in [-0.1, -0.05) is 0 Å². The van der Waals surface area contributed by atoms with Crippen molar-refractivity contribution in [3.63, 3.8) is 0 Å². The average molecular weight is 294 g/mol. The van der Waals surface area contributed by atoms with Crippen molar-refractivity contribution in [2.45, 2.75) is 25.4 Å². The Kier molecular flexibility index (Phi) is 6.10. The standard InChI is InChI=1S/C15H22N2O4/c18-15(13-4-6-14(7-5-13)17(19)20)10-16-8-1-9-21-11-12-2-3-12/h4-7,12,15-16,18H,1-3,8-11H2. The number of nitrogens with one attached hydrogen (secondary N) is 1. The molecule has 0 aliphatic heterocycles. The Morgan fingerprint density at radius 2 is 2.10 bits per heavy atom. The molecular formula is C15H22N2O4. The molecule has 0 bridgehead atoms. The molecule has 0 aromatic heterocycles. The van der Waals surface area contributed by atoms with Crippen LogP contribution in [0.15, 0.2) is 24.3 Å². The quantitative estimate of drug-likeness (QED) is 0.392. The van der Waals surface area contributed by atoms with E-state index in [2.05, 4.69) is 5.32 Å². The second-order valence-electron chi connectivity index (χ2n) is 5.44. The van der Waals surface area contributed by atoms with Gasteiger partial charge in [0.05, 0.1) is 11.0 Å². The summed E-state index contributed by atoms with van der Waals surface area (Å²) in [5.74, 6) is 0.793. The number of non-ortho nitro benzene ring substituents is 1. The molecule has 0 radical (unpaired) electrons. The van der Waals surface area contributed by atoms with Crippen LogP contribution in [0, 0.1) is 16.0 Å². The van der Waals surface area contributed by atoms with Gasteiger partial charge in [0.15, 0.2) is 0 Å². The molecule has 1 aliphatic carbocycles. The Morgan fingerprint density at radius 3 is 2.71 bits per heavy atom. The maximum Gasteiger partial charge on any atom is 0.269 e. The third-order valence-corrected chi connectivity index (χ3v) is 3.52. The highest BCUT2D eigenvalue weighted by Crippen LogP contribution is 2.28. The lowest BCUT2D eigenvalue weighted by atomic mass is 10.1. The van der Waals surface area contributed by atoms with Crippen LogP contribution in [-0.4, -0.2) is 36.3 Å². The van der Waals surface area contributed by atoms with E-state index in [9.17, 15) is 15.2 Å². The van der Waals surface area contributed by atoms with Gasteiger partial charge in [0.1, 0.15) is 0 Å². The Bertz CT molecular complexity index is 445. The normalized spacial score (nSPS) is 15.9. The highest BCUT2D eigenvalue weighted by Gasteiger charge is 2.20. The summed E-state index contributed by atoms with van der Waals surface area (Å²) in [5, 5.41) is 23.7. The number of rotatable bonds is 10. The zero-order valence-electron chi connectivity index (χ0n) is 12.0. The Labute approximate surface area is 124 Å². The lowest BCUT2D eigenvalue weighted by Gasteiger charge is -2.12. The van der Waals surface area contributed by atoms with E-state index in [0.717, 1.165) is 32.1 Å². The number of hydrogen-bond donors (Lipinski definition) is 2. The number of nitro groups is 1. The van der Waals surface area contributed by atoms with Gasteiger partial charge in [-0.3, -0.25) is 10.1 Å². The molecule has 0 spiro atoms. The largest absolute Gasteiger partial charge is 0.387 e. The molecule has 1 saturated carbocycles. The van der Waals surface area contributed by atoms with Crippen LogP contribution in [0.25, 0.3) is 0 Å². The van der Waals surface area contributed by atoms with E-state index in [1.807, 2.05) is 0 Å². The molecule has 2 rings (SSSR count). The van der Waals surface area contributed by atoms with E-state index >= 15 is 0 Å². The number of nitro benzene ring substituents is 1. The molecule has 0 amide bonds. The first-order chi connectivity index (χ1) is 10.2. The zero-order valence-corrected chi connectivity index (χ0v) is 12.0. The molecule has 0 saturated heterocycles. The maximum absolute atomic E-state index is 10.5. The second-order valence-corrected chi connectivity index (χ2v) is 5.44. The minimum atomic E-state index is -0.654. The molecule has 2 N–H and O–H groups in total. The number of hydrogen-bond acceptors (Lipinski definition) is 5. The summed E-state index contributed by atoms with van der Waals surface area (Å²) in [6.07, 6.45) is 2.87. The molecule has 1 fully saturated rings. The van der Waals surface area contributed by atoms with Gasteiger partial charge in [-0.2, -0.15) is 0 Å². The number of aliphatic hydroxyl groups is 1. The van der Waals surface area contributed by atoms with E-state index in [0.29, 0.717) is 12.1 Å². The first kappa shape index (κ1) is 15.9. The monoisotopic (exact) mass is 294 g/mol. The van der Waals surface area contributed by atoms with Gasteiger partial charge >= 0.3 is 0 Å². The van der Waals surface area contributed by atoms with Crippen LogP contribution >= 0.6 is 0 Å². The average Bonchev–Trinajstić information content (AvgIpc) is 3.30. The van der Waals surface area contributed by atoms with Crippen molar-refractivity contribution in [1.29, 1.82) is 0 Å². The van der Waals surface area contributed by atoms with Gasteiger partial charge in [0, 0.05) is 31.9 Å². The van der Waals surface area contributed by atoms with Crippen molar-refractivity contribution in [2.24, 2.45) is 5.92 Å². The number of aliphatic hydroxyl groups excluding tert-OH is 1. The predicted octanol–water partition coefficient (Wildman–Crippen LogP) is 2.03. The van der Waals surface area contributed by atoms with Crippen LogP contribution in [0.5, 0.6) is 0 Å². The molecule has 1 atom stereocenters. The van der Waals surface area contributed by atoms with Gasteiger partial charge in [0.25, 0.3) is 5.69 Å². The fourth-order valence-corrected chi connectivity index (χ4v) is 2.01. The van der Waals surface area contributed by atoms with Crippen molar-refractivity contribution >= 4 is 5.69 Å². The third kappa shape index (κ3) is 5.79. The fraction of sp³-hybridized carbons (Fsp3) is 0.600. The lowest BCUT2D eigenvalue weighted by Crippen LogP contribution is -2.23. The second kappa shape index (κ2) is 8.07. The van der Waals surface area contributed by atoms with Crippen LogP contribution in [0.2, 0.25) is 0 Å². The summed E-state index contributed by atoms with van der Waals surface area (Å²) in [7, 11) is 0. The van der Waals surface area contributed by atoms with Crippen LogP contribution in [0.3, 0.4) is 0 Å². The highest BCUT2D eigenvalue weighted by atomic mass is 16.6. The Balaban J connectivity index is 1.57. The van der Waals surface area contributed by atoms with E-state index in [1.54, 1.807) is 12.1 Å². The van der Waals surface area contributed by atoms with Crippen molar-refractivity contribution in [3.8, 4) is 0 Å². The SMILES string of the molecule is O=[N+]([O-])c1ccc(C(O)CNCCCOCC2CC2)cc1. The summed E-state index contributed by atoms with van der Waals surface area (Å²) in [6.45, 7) is 2.84. The van der Waals surface area contributed by atoms with Gasteiger partial charge in [0.2, 0.25) is 0 Å². The number of benzene rings is 1. The van der Waals surface area contributed by atoms with E-state index < -0.39 is 11.0 Å². The Morgan fingerprint density at radius 1 is 1.38 bits per heavy atom. The van der Waals surface area contributed by atoms with E-state index in [-0.39, 0.29) is 5.69 Å². The van der Waals surface area contributed by atoms with Crippen molar-refractivity contribution in [1.82, 2.24) is 5.32 Å². The topological polar surface area (TPSA) is 84.6 Å².